The SMILES string of the molecule is CCCC[C@H]1C(=O)N2CCC[C@@H]2C(=O)N[C@@H](CC(=O)O)C(=O)N[C@@H](C(C)C)C(=O)N(C)[C@@H](C(C)CC)C(=O)N[C@@H](Cc2ccc(O)cc2)C(=O)N2CCCC[C@@H]2C(=O)N[C@@H](Cc2c[nH]c3ccccc23)C(=O)N[C@@H](Cc2ccc(O)cc2)C(=O)N[C@@H](CCCN)C(=O)N[C@H](C(=O)NCC(N)=O)CSCC(=O)N[C@@H](Cc2ccc(F)cc2)C(=O)N(C)[C@@H](Cc2ccccc2)C(=O)N1C. The number of aromatic hydroxyl groups is 2. The molecule has 38 heteroatoms. The molecule has 1 aromatic heterocycles. The van der Waals surface area contributed by atoms with Crippen molar-refractivity contribution in [2.75, 3.05) is 58.8 Å². The molecule has 3 aliphatic heterocycles. The number of primary amides is 1. The van der Waals surface area contributed by atoms with Gasteiger partial charge in [0.25, 0.3) is 0 Å². The number of nitrogens with two attached hydrogens (primary N) is 2. The van der Waals surface area contributed by atoms with Crippen molar-refractivity contribution in [3.8, 4) is 11.5 Å². The van der Waals surface area contributed by atoms with Gasteiger partial charge in [0.1, 0.15) is 95.9 Å². The maximum Gasteiger partial charge on any atom is 0.305 e. The maximum absolute atomic E-state index is 15.8. The van der Waals surface area contributed by atoms with Gasteiger partial charge in [-0.3, -0.25) is 76.7 Å². The number of hydrogen-bond donors (Lipinski definition) is 15. The third-order valence-electron chi connectivity index (χ3n) is 24.3. The molecule has 3 saturated heterocycles. The molecular weight excluding hydrogens is 1720 g/mol. The molecule has 712 valence electrons. The van der Waals surface area contributed by atoms with E-state index in [1.54, 1.807) is 88.5 Å². The van der Waals surface area contributed by atoms with E-state index in [0.717, 1.165) is 33.7 Å². The highest BCUT2D eigenvalue weighted by Crippen LogP contribution is 2.29. The van der Waals surface area contributed by atoms with Crippen LogP contribution in [0.25, 0.3) is 10.9 Å². The number of unbranched alkanes of at least 4 members (excludes halogenated alkanes) is 1. The van der Waals surface area contributed by atoms with Crippen molar-refractivity contribution in [3.05, 3.63) is 167 Å². The number of carboxylic acids is 1. The molecule has 0 saturated carbocycles. The molecule has 9 rings (SSSR count). The number of halogens is 1. The smallest absolute Gasteiger partial charge is 0.305 e. The first-order valence-electron chi connectivity index (χ1n) is 44.8. The normalized spacial score (nSPS) is 24.0. The minimum atomic E-state index is -1.89. The summed E-state index contributed by atoms with van der Waals surface area (Å²) < 4.78 is 14.6. The largest absolute Gasteiger partial charge is 0.508 e. The molecule has 0 aliphatic carbocycles. The molecule has 0 bridgehead atoms. The van der Waals surface area contributed by atoms with Crippen molar-refractivity contribution in [3.63, 3.8) is 0 Å². The molecule has 36 nitrogen and oxygen atoms in total. The molecule has 3 fully saturated rings. The Labute approximate surface area is 770 Å². The molecule has 15 amide bonds. The van der Waals surface area contributed by atoms with Gasteiger partial charge in [0.2, 0.25) is 88.6 Å². The molecule has 17 N–H and O–H groups in total. The Morgan fingerprint density at radius 1 is 0.515 bits per heavy atom. The fourth-order valence-electron chi connectivity index (χ4n) is 16.7. The molecule has 3 aliphatic rings. The van der Waals surface area contributed by atoms with E-state index < -0.39 is 215 Å². The summed E-state index contributed by atoms with van der Waals surface area (Å²) in [7, 11) is 4.03. The van der Waals surface area contributed by atoms with E-state index in [-0.39, 0.29) is 108 Å². The molecule has 132 heavy (non-hydrogen) atoms. The third-order valence-corrected chi connectivity index (χ3v) is 25.4. The molecule has 5 aromatic carbocycles. The molecule has 6 aromatic rings. The van der Waals surface area contributed by atoms with Crippen LogP contribution < -0.4 is 59.3 Å². The van der Waals surface area contributed by atoms with E-state index in [1.807, 2.05) is 6.92 Å². The number of phenols is 2. The summed E-state index contributed by atoms with van der Waals surface area (Å²) >= 11 is 0.779. The van der Waals surface area contributed by atoms with Crippen LogP contribution in [0.5, 0.6) is 11.5 Å². The average molecular weight is 1850 g/mol. The molecule has 4 heterocycles. The lowest BCUT2D eigenvalue weighted by Crippen LogP contribution is -2.63. The summed E-state index contributed by atoms with van der Waals surface area (Å²) in [5, 5.41) is 56.1. The van der Waals surface area contributed by atoms with Crippen LogP contribution in [0.1, 0.15) is 139 Å². The highest BCUT2D eigenvalue weighted by Gasteiger charge is 2.47. The summed E-state index contributed by atoms with van der Waals surface area (Å²) in [6.45, 7) is 7.62. The highest BCUT2D eigenvalue weighted by molar-refractivity contribution is 8.00. The number of rotatable bonds is 24. The second-order valence-corrected chi connectivity index (χ2v) is 35.4. The van der Waals surface area contributed by atoms with Crippen LogP contribution in [0, 0.1) is 17.7 Å². The number of thioether (sulfide) groups is 1. The lowest BCUT2D eigenvalue weighted by atomic mass is 9.93. The van der Waals surface area contributed by atoms with Crippen molar-refractivity contribution >= 4 is 117 Å². The predicted molar refractivity (Wildman–Crippen MR) is 489 cm³/mol. The van der Waals surface area contributed by atoms with Gasteiger partial charge in [0, 0.05) is 89.2 Å². The zero-order valence-electron chi connectivity index (χ0n) is 75.7. The van der Waals surface area contributed by atoms with Crippen LogP contribution in [0.15, 0.2) is 134 Å². The van der Waals surface area contributed by atoms with E-state index in [9.17, 15) is 53.3 Å². The number of nitrogens with zero attached hydrogens (tertiary/aromatic N) is 5. The van der Waals surface area contributed by atoms with E-state index in [1.165, 1.54) is 96.5 Å². The second-order valence-electron chi connectivity index (χ2n) is 34.4. The lowest BCUT2D eigenvalue weighted by Gasteiger charge is -2.39. The minimum Gasteiger partial charge on any atom is -0.508 e. The van der Waals surface area contributed by atoms with Crippen LogP contribution in [-0.2, 0) is 109 Å². The number of piperidine rings is 1. The standard InChI is InChI=1S/C94H124FN17O19S/c1-9-11-26-75-93(130)112-43-20-28-74(112)88(125)104-69(49-79(117)118)86(123)107-80(54(3)4)94(131)110(8)81(55(5)10-2)89(126)105-71(46-59-33-39-63(114)40-34-59)91(128)111-42-18-17-27-73(111)87(124)103-68(48-60-50-98-65-24-16-15-23-64(60)65)85(122)102-67(44-58-31-37-62(113)38-32-58)84(121)101-66(25-19-41-96)83(120)106-72(82(119)99-51-77(97)115)52-132-53-78(116)100-70(45-57-29-35-61(95)36-30-57)90(127)109(7)76(92(129)108(75)6)47-56-21-13-12-14-22-56/h12-16,21-24,29-40,50,54-55,66-76,80-81,98,113-114H,9-11,17-20,25-28,41-49,51-53,96H2,1-8H3,(H2,97,115)(H,99,119)(H,100,116)(H,101,121)(H,102,122)(H,103,124)(H,104,125)(H,105,126)(H,106,120)(H,107,123)(H,117,118)/t55?,66-,67-,68-,69-,70-,71-,72-,73+,74+,75-,76-,80-,81-/m0/s1. The number of benzene rings is 5. The Bertz CT molecular complexity index is 5050. The quantitative estimate of drug-likeness (QED) is 0.0414. The first-order chi connectivity index (χ1) is 63.0. The van der Waals surface area contributed by atoms with Gasteiger partial charge in [0.05, 0.1) is 18.7 Å². The number of carbonyl (C=O) groups is 16. The van der Waals surface area contributed by atoms with Crippen molar-refractivity contribution in [1.29, 1.82) is 0 Å². The number of carbonyl (C=O) groups excluding carboxylic acids is 15. The summed E-state index contributed by atoms with van der Waals surface area (Å²) in [6, 6.07) is 12.4. The van der Waals surface area contributed by atoms with E-state index >= 15 is 43.2 Å². The van der Waals surface area contributed by atoms with Crippen LogP contribution in [-0.4, -0.2) is 277 Å². The zero-order valence-corrected chi connectivity index (χ0v) is 76.5. The molecule has 1 unspecified atom stereocenters. The van der Waals surface area contributed by atoms with Crippen LogP contribution in [0.3, 0.4) is 0 Å². The summed E-state index contributed by atoms with van der Waals surface area (Å²) in [5.74, 6) is -18.3. The Morgan fingerprint density at radius 3 is 1.63 bits per heavy atom. The number of aromatic nitrogens is 1. The van der Waals surface area contributed by atoms with Crippen molar-refractivity contribution < 1.29 is 96.4 Å². The first-order valence-corrected chi connectivity index (χ1v) is 45.9. The van der Waals surface area contributed by atoms with E-state index in [2.05, 4.69) is 52.8 Å². The van der Waals surface area contributed by atoms with Gasteiger partial charge in [-0.15, -0.1) is 11.8 Å². The van der Waals surface area contributed by atoms with Crippen molar-refractivity contribution in [1.82, 2.24) is 77.3 Å². The molecule has 14 atom stereocenters. The summed E-state index contributed by atoms with van der Waals surface area (Å²) in [4.78, 5) is 248. The highest BCUT2D eigenvalue weighted by atomic mass is 32.2. The number of aromatic amines is 1. The van der Waals surface area contributed by atoms with Gasteiger partial charge in [-0.2, -0.15) is 0 Å². The first kappa shape index (κ1) is 103. The number of fused-ring (bicyclic) bond motifs is 3. The van der Waals surface area contributed by atoms with Gasteiger partial charge >= 0.3 is 5.97 Å². The Balaban J connectivity index is 1.13. The van der Waals surface area contributed by atoms with Crippen LogP contribution in [0.4, 0.5) is 4.39 Å². The third kappa shape index (κ3) is 28.5. The van der Waals surface area contributed by atoms with Gasteiger partial charge in [-0.05, 0) is 140 Å². The minimum absolute atomic E-state index is 0.0104. The second kappa shape index (κ2) is 49.3. The van der Waals surface area contributed by atoms with Gasteiger partial charge < -0.3 is 104 Å². The van der Waals surface area contributed by atoms with Gasteiger partial charge in [0.15, 0.2) is 0 Å². The summed E-state index contributed by atoms with van der Waals surface area (Å²) in [5.41, 5.74) is 14.4. The molecular formula is C94H124FN17O19S. The van der Waals surface area contributed by atoms with Crippen molar-refractivity contribution in [2.45, 2.75) is 222 Å². The lowest BCUT2D eigenvalue weighted by molar-refractivity contribution is -0.152. The number of aliphatic carboxylic acids is 1. The number of amides is 15. The number of carboxylic acid groups (broad SMARTS) is 1. The number of likely N-dealkylation sites (N-methyl/N-ethyl adjacent to an activating group) is 3. The monoisotopic (exact) mass is 1850 g/mol. The Kier molecular flexibility index (Phi) is 38.4. The number of hydrogen-bond acceptors (Lipinski definition) is 20. The predicted octanol–water partition coefficient (Wildman–Crippen LogP) is 2.42. The van der Waals surface area contributed by atoms with Gasteiger partial charge in [-0.25, -0.2) is 4.39 Å². The molecule has 0 radical (unpaired) electrons. The fourth-order valence-corrected chi connectivity index (χ4v) is 17.6. The zero-order chi connectivity index (χ0) is 96.2. The number of H-pyrrole nitrogens is 1. The van der Waals surface area contributed by atoms with E-state index in [4.69, 9.17) is 11.5 Å². The Morgan fingerprint density at radius 2 is 1.03 bits per heavy atom. The van der Waals surface area contributed by atoms with Crippen LogP contribution >= 0.6 is 11.8 Å². The number of para-hydroxylation sites is 1. The summed E-state index contributed by atoms with van der Waals surface area (Å²) in [6.07, 6.45) is 1.40. The maximum atomic E-state index is 15.8. The Hall–Kier alpha value is -13.0. The van der Waals surface area contributed by atoms with Crippen LogP contribution in [0.2, 0.25) is 0 Å². The van der Waals surface area contributed by atoms with Gasteiger partial charge in [-0.1, -0.05) is 139 Å². The molecule has 0 spiro atoms. The average Bonchev–Trinajstić information content (AvgIpc) is 1.38. The van der Waals surface area contributed by atoms with Crippen molar-refractivity contribution in [2.24, 2.45) is 23.3 Å². The fraction of sp³-hybridized carbons (Fsp3) is 0.489. The van der Waals surface area contributed by atoms with E-state index in [0.29, 0.717) is 64.4 Å². The number of nitrogens with one attached hydrogen (secondary N) is 10. The number of phenolic OH excluding ortho intramolecular Hbond substituents is 2. The topological polar surface area (TPSA) is 526 Å².